The van der Waals surface area contributed by atoms with Gasteiger partial charge in [-0.3, -0.25) is 4.79 Å². The predicted octanol–water partition coefficient (Wildman–Crippen LogP) is 4.32. The summed E-state index contributed by atoms with van der Waals surface area (Å²) in [4.78, 5) is 21.2. The number of hydrogen-bond acceptors (Lipinski definition) is 6. The molecule has 2 saturated carbocycles. The highest BCUT2D eigenvalue weighted by atomic mass is 32.2. The standard InChI is InChI=1S/C24H23FN4O2S/c25-15-5-1-12(2-6-15)11-29-21-14-4-3-13(9-14)19(21)22(30)20(24(29)31)23-27-17-8-7-16(26)10-18(17)32-28-23/h1-2,5-8,10,13-14,19,21,30H,3-4,9,11,26H2,(H,27,28)/t13-,14+,19+,21-/m0/s1. The quantitative estimate of drug-likeness (QED) is 0.479. The van der Waals surface area contributed by atoms with Crippen molar-refractivity contribution in [2.45, 2.75) is 36.7 Å². The van der Waals surface area contributed by atoms with E-state index in [4.69, 9.17) is 5.73 Å². The van der Waals surface area contributed by atoms with Crippen molar-refractivity contribution in [2.75, 3.05) is 5.73 Å². The number of anilines is 1. The van der Waals surface area contributed by atoms with Gasteiger partial charge in [-0.15, -0.1) is 0 Å². The molecule has 0 aromatic heterocycles. The van der Waals surface area contributed by atoms with Crippen molar-refractivity contribution in [3.63, 3.8) is 0 Å². The van der Waals surface area contributed by atoms with E-state index in [0.29, 0.717) is 35.6 Å². The number of amides is 1. The van der Waals surface area contributed by atoms with Gasteiger partial charge in [0.1, 0.15) is 17.1 Å². The Bertz CT molecular complexity index is 1180. The van der Waals surface area contributed by atoms with E-state index in [1.54, 1.807) is 18.2 Å². The van der Waals surface area contributed by atoms with Crippen LogP contribution < -0.4 is 10.5 Å². The van der Waals surface area contributed by atoms with E-state index in [9.17, 15) is 14.3 Å². The van der Waals surface area contributed by atoms with Crippen LogP contribution in [0.1, 0.15) is 24.8 Å². The molecule has 4 atom stereocenters. The first kappa shape index (κ1) is 19.7. The molecule has 0 spiro atoms. The number of aliphatic imine (C=N–C) groups is 1. The van der Waals surface area contributed by atoms with Gasteiger partial charge in [0.05, 0.1) is 10.6 Å². The molecule has 6 nitrogen and oxygen atoms in total. The highest BCUT2D eigenvalue weighted by molar-refractivity contribution is 7.98. The normalized spacial score (nSPS) is 28.3. The van der Waals surface area contributed by atoms with Gasteiger partial charge in [0.25, 0.3) is 5.91 Å². The highest BCUT2D eigenvalue weighted by Gasteiger charge is 2.56. The van der Waals surface area contributed by atoms with Crippen LogP contribution in [0.2, 0.25) is 0 Å². The van der Waals surface area contributed by atoms with Gasteiger partial charge >= 0.3 is 0 Å². The molecule has 2 aliphatic carbocycles. The summed E-state index contributed by atoms with van der Waals surface area (Å²) < 4.78 is 16.6. The van der Waals surface area contributed by atoms with Crippen LogP contribution in [-0.2, 0) is 11.3 Å². The Kier molecular flexibility index (Phi) is 4.47. The fourth-order valence-electron chi connectivity index (χ4n) is 5.89. The van der Waals surface area contributed by atoms with Crippen LogP contribution in [0.15, 0.2) is 63.7 Å². The second-order valence-electron chi connectivity index (χ2n) is 9.06. The highest BCUT2D eigenvalue weighted by Crippen LogP contribution is 2.55. The Morgan fingerprint density at radius 2 is 1.97 bits per heavy atom. The summed E-state index contributed by atoms with van der Waals surface area (Å²) in [5.74, 6) is 0.681. The fourth-order valence-corrected chi connectivity index (χ4v) is 6.66. The lowest BCUT2D eigenvalue weighted by atomic mass is 9.77. The van der Waals surface area contributed by atoms with Crippen LogP contribution in [0.25, 0.3) is 0 Å². The lowest BCUT2D eigenvalue weighted by molar-refractivity contribution is -0.134. The molecular formula is C24H23FN4O2S. The summed E-state index contributed by atoms with van der Waals surface area (Å²) in [7, 11) is 0. The molecule has 6 rings (SSSR count). The van der Waals surface area contributed by atoms with E-state index < -0.39 is 0 Å². The predicted molar refractivity (Wildman–Crippen MR) is 122 cm³/mol. The molecule has 4 N–H and O–H groups in total. The largest absolute Gasteiger partial charge is 0.511 e. The van der Waals surface area contributed by atoms with Crippen LogP contribution in [0.5, 0.6) is 0 Å². The number of hydrogen-bond donors (Lipinski definition) is 3. The first-order valence-corrected chi connectivity index (χ1v) is 11.7. The molecule has 1 amide bonds. The first-order valence-electron chi connectivity index (χ1n) is 10.9. The molecule has 2 heterocycles. The molecule has 4 aliphatic rings. The van der Waals surface area contributed by atoms with Crippen molar-refractivity contribution in [1.82, 2.24) is 9.62 Å². The first-order chi connectivity index (χ1) is 15.5. The molecule has 2 fully saturated rings. The summed E-state index contributed by atoms with van der Waals surface area (Å²) in [5.41, 5.74) is 8.35. The minimum Gasteiger partial charge on any atom is -0.511 e. The number of carbonyl (C=O) groups excluding carboxylic acids is 1. The number of fused-ring (bicyclic) bond motifs is 6. The zero-order valence-electron chi connectivity index (χ0n) is 17.3. The molecular weight excluding hydrogens is 427 g/mol. The SMILES string of the molecule is Nc1ccc2c(c1)SNC(C1=C(O)[C@@H]3[C@H]4CC[C@H](C4)[C@@H]3N(Cc3ccc(F)cc3)C1=O)=N2. The topological polar surface area (TPSA) is 91.0 Å². The summed E-state index contributed by atoms with van der Waals surface area (Å²) in [5, 5.41) is 11.3. The lowest BCUT2D eigenvalue weighted by Gasteiger charge is -2.44. The zero-order chi connectivity index (χ0) is 22.0. The number of nitrogens with two attached hydrogens (primary N) is 1. The molecule has 0 unspecified atom stereocenters. The number of rotatable bonds is 3. The molecule has 164 valence electrons. The molecule has 2 aliphatic heterocycles. The maximum absolute atomic E-state index is 13.8. The van der Waals surface area contributed by atoms with Crippen LogP contribution in [-0.4, -0.2) is 27.8 Å². The van der Waals surface area contributed by atoms with E-state index in [2.05, 4.69) is 9.71 Å². The smallest absolute Gasteiger partial charge is 0.261 e. The summed E-state index contributed by atoms with van der Waals surface area (Å²) in [6.45, 7) is 0.383. The molecule has 2 aromatic rings. The van der Waals surface area contributed by atoms with Crippen molar-refractivity contribution in [2.24, 2.45) is 22.7 Å². The van der Waals surface area contributed by atoms with Gasteiger partial charge in [-0.2, -0.15) is 0 Å². The van der Waals surface area contributed by atoms with Crippen LogP contribution in [0.3, 0.4) is 0 Å². The van der Waals surface area contributed by atoms with Gasteiger partial charge < -0.3 is 20.5 Å². The lowest BCUT2D eigenvalue weighted by Crippen LogP contribution is -2.53. The number of nitrogen functional groups attached to an aromatic ring is 1. The van der Waals surface area contributed by atoms with Gasteiger partial charge in [0.2, 0.25) is 0 Å². The second-order valence-corrected chi connectivity index (χ2v) is 9.91. The maximum atomic E-state index is 13.8. The number of amidine groups is 1. The van der Waals surface area contributed by atoms with E-state index in [-0.39, 0.29) is 35.0 Å². The number of carbonyl (C=O) groups is 1. The minimum absolute atomic E-state index is 0.0287. The third-order valence-electron chi connectivity index (χ3n) is 7.26. The van der Waals surface area contributed by atoms with Crippen molar-refractivity contribution < 1.29 is 14.3 Å². The third kappa shape index (κ3) is 3.00. The molecule has 2 bridgehead atoms. The van der Waals surface area contributed by atoms with E-state index in [0.717, 1.165) is 29.7 Å². The van der Waals surface area contributed by atoms with E-state index in [1.165, 1.54) is 24.1 Å². The zero-order valence-corrected chi connectivity index (χ0v) is 18.1. The average molecular weight is 451 g/mol. The summed E-state index contributed by atoms with van der Waals surface area (Å²) >= 11 is 1.34. The number of nitrogens with zero attached hydrogens (tertiary/aromatic N) is 2. The van der Waals surface area contributed by atoms with Crippen molar-refractivity contribution in [3.8, 4) is 0 Å². The Balaban J connectivity index is 1.42. The van der Waals surface area contributed by atoms with Crippen molar-refractivity contribution in [1.29, 1.82) is 0 Å². The van der Waals surface area contributed by atoms with Gasteiger partial charge in [0.15, 0.2) is 5.84 Å². The second kappa shape index (κ2) is 7.27. The van der Waals surface area contributed by atoms with Crippen molar-refractivity contribution in [3.05, 3.63) is 65.2 Å². The minimum atomic E-state index is -0.299. The average Bonchev–Trinajstić information content (AvgIpc) is 3.40. The Hall–Kier alpha value is -3.00. The van der Waals surface area contributed by atoms with Gasteiger partial charge in [-0.25, -0.2) is 9.38 Å². The van der Waals surface area contributed by atoms with Crippen molar-refractivity contribution >= 4 is 35.1 Å². The number of nitrogens with one attached hydrogen (secondary N) is 1. The number of benzene rings is 2. The summed E-state index contributed by atoms with van der Waals surface area (Å²) in [6, 6.07) is 11.7. The van der Waals surface area contributed by atoms with E-state index in [1.807, 2.05) is 17.0 Å². The number of aliphatic hydroxyl groups is 1. The molecule has 8 heteroatoms. The van der Waals surface area contributed by atoms with Crippen LogP contribution in [0.4, 0.5) is 15.8 Å². The van der Waals surface area contributed by atoms with Gasteiger partial charge in [-0.05, 0) is 78.9 Å². The number of aliphatic hydroxyl groups excluding tert-OH is 1. The Morgan fingerprint density at radius 3 is 2.78 bits per heavy atom. The molecule has 32 heavy (non-hydrogen) atoms. The number of halogens is 1. The Labute approximate surface area is 189 Å². The molecule has 0 saturated heterocycles. The van der Waals surface area contributed by atoms with Gasteiger partial charge in [0, 0.05) is 24.2 Å². The van der Waals surface area contributed by atoms with E-state index >= 15 is 0 Å². The third-order valence-corrected chi connectivity index (χ3v) is 8.10. The maximum Gasteiger partial charge on any atom is 0.261 e. The van der Waals surface area contributed by atoms with Crippen LogP contribution >= 0.6 is 11.9 Å². The molecule has 2 aromatic carbocycles. The Morgan fingerprint density at radius 1 is 1.19 bits per heavy atom. The monoisotopic (exact) mass is 450 g/mol. The molecule has 0 radical (unpaired) electrons. The van der Waals surface area contributed by atoms with Crippen LogP contribution in [0, 0.1) is 23.6 Å². The summed E-state index contributed by atoms with van der Waals surface area (Å²) in [6.07, 6.45) is 3.17. The fraction of sp³-hybridized carbons (Fsp3) is 0.333. The van der Waals surface area contributed by atoms with Gasteiger partial charge in [-0.1, -0.05) is 12.1 Å².